The van der Waals surface area contributed by atoms with Gasteiger partial charge in [0.15, 0.2) is 0 Å². The van der Waals surface area contributed by atoms with Crippen LogP contribution in [0.25, 0.3) is 0 Å². The van der Waals surface area contributed by atoms with E-state index < -0.39 is 0 Å². The Morgan fingerprint density at radius 1 is 0.783 bits per heavy atom. The van der Waals surface area contributed by atoms with Crippen molar-refractivity contribution in [3.8, 4) is 0 Å². The summed E-state index contributed by atoms with van der Waals surface area (Å²) in [4.78, 5) is 2.52. The molecule has 3 heteroatoms. The van der Waals surface area contributed by atoms with E-state index in [1.165, 1.54) is 88.8 Å². The van der Waals surface area contributed by atoms with Crippen molar-refractivity contribution in [3.05, 3.63) is 0 Å². The maximum absolute atomic E-state index is 6.33. The zero-order valence-corrected chi connectivity index (χ0v) is 17.3. The summed E-state index contributed by atoms with van der Waals surface area (Å²) in [5, 5.41) is 0. The first-order valence-electron chi connectivity index (χ1n) is 10.2. The Bertz CT molecular complexity index is 218. The van der Waals surface area contributed by atoms with Crippen molar-refractivity contribution < 1.29 is 4.74 Å². The average Bonchev–Trinajstić information content (AvgIpc) is 2.57. The fraction of sp³-hybridized carbons (Fsp3) is 1.00. The lowest BCUT2D eigenvalue weighted by molar-refractivity contribution is -0.0174. The summed E-state index contributed by atoms with van der Waals surface area (Å²) in [7, 11) is 0. The first kappa shape index (κ1) is 23.3. The van der Waals surface area contributed by atoms with Crippen LogP contribution in [-0.4, -0.2) is 42.3 Å². The lowest BCUT2D eigenvalue weighted by Gasteiger charge is -2.25. The molecule has 0 radical (unpaired) electrons. The van der Waals surface area contributed by atoms with Gasteiger partial charge >= 0.3 is 0 Å². The molecule has 0 aromatic heterocycles. The van der Waals surface area contributed by atoms with E-state index in [9.17, 15) is 0 Å². The maximum atomic E-state index is 6.33. The van der Waals surface area contributed by atoms with Gasteiger partial charge < -0.3 is 4.74 Å². The minimum atomic E-state index is 0.453. The standard InChI is InChI=1S/C20H43NOS/c1-5-9-13-14-20(18-23-17-12-8-4)22-19-21(15-10-6-2)16-11-7-3/h20H,5-19H2,1-4H3. The van der Waals surface area contributed by atoms with Crippen LogP contribution in [-0.2, 0) is 4.74 Å². The largest absolute Gasteiger partial charge is 0.362 e. The van der Waals surface area contributed by atoms with Crippen LogP contribution < -0.4 is 0 Å². The van der Waals surface area contributed by atoms with Crippen LogP contribution in [0.15, 0.2) is 0 Å². The third-order valence-electron chi connectivity index (χ3n) is 4.22. The molecule has 1 unspecified atom stereocenters. The van der Waals surface area contributed by atoms with Crippen molar-refractivity contribution >= 4 is 11.8 Å². The van der Waals surface area contributed by atoms with Gasteiger partial charge in [0, 0.05) is 18.8 Å². The Kier molecular flexibility index (Phi) is 18.8. The van der Waals surface area contributed by atoms with Gasteiger partial charge in [-0.1, -0.05) is 66.2 Å². The van der Waals surface area contributed by atoms with Crippen molar-refractivity contribution in [2.24, 2.45) is 0 Å². The van der Waals surface area contributed by atoms with Gasteiger partial charge in [0.25, 0.3) is 0 Å². The highest BCUT2D eigenvalue weighted by atomic mass is 32.2. The van der Waals surface area contributed by atoms with Gasteiger partial charge in [-0.25, -0.2) is 0 Å². The van der Waals surface area contributed by atoms with Crippen LogP contribution in [0.3, 0.4) is 0 Å². The van der Waals surface area contributed by atoms with Crippen molar-refractivity contribution in [3.63, 3.8) is 0 Å². The van der Waals surface area contributed by atoms with Crippen molar-refractivity contribution in [1.82, 2.24) is 4.90 Å². The molecule has 0 saturated carbocycles. The Balaban J connectivity index is 4.15. The second kappa shape index (κ2) is 18.6. The molecular weight excluding hydrogens is 302 g/mol. The number of hydrogen-bond donors (Lipinski definition) is 0. The molecule has 0 heterocycles. The summed E-state index contributed by atoms with van der Waals surface area (Å²) < 4.78 is 6.33. The lowest BCUT2D eigenvalue weighted by Crippen LogP contribution is -2.32. The first-order chi connectivity index (χ1) is 11.3. The molecule has 1 atom stereocenters. The van der Waals surface area contributed by atoms with Gasteiger partial charge in [-0.2, -0.15) is 11.8 Å². The number of nitrogens with zero attached hydrogens (tertiary/aromatic N) is 1. The molecular formula is C20H43NOS. The fourth-order valence-electron chi connectivity index (χ4n) is 2.51. The van der Waals surface area contributed by atoms with Crippen LogP contribution in [0, 0.1) is 0 Å². The summed E-state index contributed by atoms with van der Waals surface area (Å²) >= 11 is 2.09. The van der Waals surface area contributed by atoms with E-state index in [1.54, 1.807) is 0 Å². The SMILES string of the molecule is CCCCCC(CSCCCC)OCN(CCCC)CCCC. The predicted molar refractivity (Wildman–Crippen MR) is 108 cm³/mol. The second-order valence-electron chi connectivity index (χ2n) is 6.67. The molecule has 0 spiro atoms. The van der Waals surface area contributed by atoms with E-state index in [0.717, 1.165) is 6.73 Å². The second-order valence-corrected chi connectivity index (χ2v) is 7.82. The highest BCUT2D eigenvalue weighted by molar-refractivity contribution is 7.99. The molecule has 0 aliphatic rings. The van der Waals surface area contributed by atoms with E-state index in [1.807, 2.05) is 0 Å². The Morgan fingerprint density at radius 3 is 1.96 bits per heavy atom. The van der Waals surface area contributed by atoms with E-state index in [0.29, 0.717) is 6.10 Å². The molecule has 0 aromatic rings. The zero-order valence-electron chi connectivity index (χ0n) is 16.4. The summed E-state index contributed by atoms with van der Waals surface area (Å²) in [6, 6.07) is 0. The molecule has 0 aromatic carbocycles. The quantitative estimate of drug-likeness (QED) is 0.212. The van der Waals surface area contributed by atoms with Crippen LogP contribution >= 0.6 is 11.8 Å². The van der Waals surface area contributed by atoms with Crippen LogP contribution in [0.5, 0.6) is 0 Å². The molecule has 23 heavy (non-hydrogen) atoms. The smallest absolute Gasteiger partial charge is 0.0994 e. The summed E-state index contributed by atoms with van der Waals surface area (Å²) in [5.41, 5.74) is 0. The van der Waals surface area contributed by atoms with E-state index in [4.69, 9.17) is 4.74 Å². The molecule has 0 amide bonds. The van der Waals surface area contributed by atoms with Crippen molar-refractivity contribution in [1.29, 1.82) is 0 Å². The Labute approximate surface area is 151 Å². The lowest BCUT2D eigenvalue weighted by atomic mass is 10.1. The number of rotatable bonds is 18. The molecule has 140 valence electrons. The Morgan fingerprint density at radius 2 is 1.39 bits per heavy atom. The van der Waals surface area contributed by atoms with Gasteiger partial charge in [-0.3, -0.25) is 4.90 Å². The summed E-state index contributed by atoms with van der Waals surface area (Å²) in [6.07, 6.45) is 13.4. The number of ether oxygens (including phenoxy) is 1. The molecule has 0 fully saturated rings. The van der Waals surface area contributed by atoms with Gasteiger partial charge in [-0.15, -0.1) is 0 Å². The van der Waals surface area contributed by atoms with Crippen molar-refractivity contribution in [2.75, 3.05) is 31.3 Å². The molecule has 0 bridgehead atoms. The number of thioether (sulfide) groups is 1. The van der Waals surface area contributed by atoms with Gasteiger partial charge in [0.1, 0.15) is 0 Å². The maximum Gasteiger partial charge on any atom is 0.0994 e. The first-order valence-corrected chi connectivity index (χ1v) is 11.4. The highest BCUT2D eigenvalue weighted by Crippen LogP contribution is 2.15. The normalized spacial score (nSPS) is 12.9. The number of unbranched alkanes of at least 4 members (excludes halogenated alkanes) is 5. The van der Waals surface area contributed by atoms with Crippen molar-refractivity contribution in [2.45, 2.75) is 98.0 Å². The van der Waals surface area contributed by atoms with E-state index in [-0.39, 0.29) is 0 Å². The van der Waals surface area contributed by atoms with Gasteiger partial charge in [0.2, 0.25) is 0 Å². The average molecular weight is 346 g/mol. The van der Waals surface area contributed by atoms with E-state index >= 15 is 0 Å². The summed E-state index contributed by atoms with van der Waals surface area (Å²) in [6.45, 7) is 12.3. The van der Waals surface area contributed by atoms with Crippen LogP contribution in [0.1, 0.15) is 91.9 Å². The Hall–Kier alpha value is 0.270. The van der Waals surface area contributed by atoms with Crippen LogP contribution in [0.2, 0.25) is 0 Å². The third kappa shape index (κ3) is 15.5. The topological polar surface area (TPSA) is 12.5 Å². The number of hydrogen-bond acceptors (Lipinski definition) is 3. The molecule has 0 aliphatic carbocycles. The van der Waals surface area contributed by atoms with E-state index in [2.05, 4.69) is 44.4 Å². The van der Waals surface area contributed by atoms with Crippen LogP contribution in [0.4, 0.5) is 0 Å². The fourth-order valence-corrected chi connectivity index (χ4v) is 3.70. The van der Waals surface area contributed by atoms with Gasteiger partial charge in [-0.05, 0) is 31.4 Å². The predicted octanol–water partition coefficient (Wildman–Crippen LogP) is 6.34. The molecule has 0 N–H and O–H groups in total. The minimum Gasteiger partial charge on any atom is -0.362 e. The van der Waals surface area contributed by atoms with Gasteiger partial charge in [0.05, 0.1) is 12.8 Å². The highest BCUT2D eigenvalue weighted by Gasteiger charge is 2.12. The monoisotopic (exact) mass is 345 g/mol. The molecule has 0 saturated heterocycles. The summed E-state index contributed by atoms with van der Waals surface area (Å²) in [5.74, 6) is 2.47. The molecule has 0 rings (SSSR count). The third-order valence-corrected chi connectivity index (χ3v) is 5.41. The molecule has 2 nitrogen and oxygen atoms in total. The molecule has 0 aliphatic heterocycles. The zero-order chi connectivity index (χ0) is 17.2. The minimum absolute atomic E-state index is 0.453.